The standard InChI is InChI=1S/C13H28N2O/c1-13(2,3)6-8-15(9-10-16)11-12-5-4-7-14-12/h12,14,16H,4-11H2,1-3H3. The average molecular weight is 228 g/mol. The lowest BCUT2D eigenvalue weighted by Crippen LogP contribution is -2.40. The predicted octanol–water partition coefficient (Wildman–Crippen LogP) is 1.47. The van der Waals surface area contributed by atoms with Crippen molar-refractivity contribution in [1.82, 2.24) is 10.2 Å². The van der Waals surface area contributed by atoms with Crippen molar-refractivity contribution < 1.29 is 5.11 Å². The lowest BCUT2D eigenvalue weighted by atomic mass is 9.92. The molecular formula is C13H28N2O. The number of aliphatic hydroxyl groups excluding tert-OH is 1. The Kier molecular flexibility index (Phi) is 5.73. The predicted molar refractivity (Wildman–Crippen MR) is 68.6 cm³/mol. The summed E-state index contributed by atoms with van der Waals surface area (Å²) in [6.07, 6.45) is 3.79. The fraction of sp³-hybridized carbons (Fsp3) is 1.00. The molecular weight excluding hydrogens is 200 g/mol. The molecule has 96 valence electrons. The van der Waals surface area contributed by atoms with Crippen molar-refractivity contribution in [3.05, 3.63) is 0 Å². The van der Waals surface area contributed by atoms with E-state index in [-0.39, 0.29) is 6.61 Å². The molecule has 0 aromatic heterocycles. The summed E-state index contributed by atoms with van der Waals surface area (Å²) in [5, 5.41) is 12.6. The maximum absolute atomic E-state index is 9.08. The van der Waals surface area contributed by atoms with Gasteiger partial charge in [-0.25, -0.2) is 0 Å². The number of hydrogen-bond acceptors (Lipinski definition) is 3. The van der Waals surface area contributed by atoms with Crippen molar-refractivity contribution >= 4 is 0 Å². The summed E-state index contributed by atoms with van der Waals surface area (Å²) < 4.78 is 0. The maximum Gasteiger partial charge on any atom is 0.0558 e. The minimum atomic E-state index is 0.275. The minimum Gasteiger partial charge on any atom is -0.395 e. The Hall–Kier alpha value is -0.120. The molecule has 1 unspecified atom stereocenters. The van der Waals surface area contributed by atoms with Crippen LogP contribution in [0.4, 0.5) is 0 Å². The van der Waals surface area contributed by atoms with Crippen molar-refractivity contribution in [2.24, 2.45) is 5.41 Å². The quantitative estimate of drug-likeness (QED) is 0.722. The third kappa shape index (κ3) is 5.83. The molecule has 0 radical (unpaired) electrons. The van der Waals surface area contributed by atoms with Crippen LogP contribution in [-0.2, 0) is 0 Å². The van der Waals surface area contributed by atoms with Gasteiger partial charge in [0.05, 0.1) is 6.61 Å². The molecule has 1 fully saturated rings. The Morgan fingerprint density at radius 1 is 1.31 bits per heavy atom. The molecule has 0 amide bonds. The van der Waals surface area contributed by atoms with Gasteiger partial charge < -0.3 is 10.4 Å². The smallest absolute Gasteiger partial charge is 0.0558 e. The third-order valence-electron chi connectivity index (χ3n) is 3.24. The summed E-state index contributed by atoms with van der Waals surface area (Å²) in [5.74, 6) is 0. The summed E-state index contributed by atoms with van der Waals surface area (Å²) in [4.78, 5) is 2.40. The summed E-state index contributed by atoms with van der Waals surface area (Å²) in [5.41, 5.74) is 0.386. The largest absolute Gasteiger partial charge is 0.395 e. The number of aliphatic hydroxyl groups is 1. The summed E-state index contributed by atoms with van der Waals surface area (Å²) >= 11 is 0. The average Bonchev–Trinajstić information content (AvgIpc) is 2.66. The summed E-state index contributed by atoms with van der Waals surface area (Å²) in [6, 6.07) is 0.645. The molecule has 3 heteroatoms. The van der Waals surface area contributed by atoms with Crippen LogP contribution in [0.25, 0.3) is 0 Å². The molecule has 1 saturated heterocycles. The highest BCUT2D eigenvalue weighted by atomic mass is 16.3. The van der Waals surface area contributed by atoms with E-state index < -0.39 is 0 Å². The Morgan fingerprint density at radius 2 is 2.06 bits per heavy atom. The van der Waals surface area contributed by atoms with Crippen LogP contribution in [0.3, 0.4) is 0 Å². The lowest BCUT2D eigenvalue weighted by Gasteiger charge is -2.28. The monoisotopic (exact) mass is 228 g/mol. The second kappa shape index (κ2) is 6.58. The zero-order valence-corrected chi connectivity index (χ0v) is 11.1. The lowest BCUT2D eigenvalue weighted by molar-refractivity contribution is 0.167. The maximum atomic E-state index is 9.08. The van der Waals surface area contributed by atoms with Gasteiger partial charge in [-0.3, -0.25) is 4.90 Å². The van der Waals surface area contributed by atoms with Crippen molar-refractivity contribution in [2.45, 2.75) is 46.1 Å². The van der Waals surface area contributed by atoms with Gasteiger partial charge in [-0.05, 0) is 37.8 Å². The van der Waals surface area contributed by atoms with Gasteiger partial charge >= 0.3 is 0 Å². The Morgan fingerprint density at radius 3 is 2.56 bits per heavy atom. The third-order valence-corrected chi connectivity index (χ3v) is 3.24. The van der Waals surface area contributed by atoms with Crippen molar-refractivity contribution in [3.63, 3.8) is 0 Å². The van der Waals surface area contributed by atoms with Crippen LogP contribution in [0.1, 0.15) is 40.0 Å². The van der Waals surface area contributed by atoms with E-state index in [9.17, 15) is 0 Å². The number of nitrogens with zero attached hydrogens (tertiary/aromatic N) is 1. The van der Waals surface area contributed by atoms with Gasteiger partial charge in [0.15, 0.2) is 0 Å². The van der Waals surface area contributed by atoms with E-state index in [1.165, 1.54) is 19.3 Å². The van der Waals surface area contributed by atoms with Gasteiger partial charge in [0.2, 0.25) is 0 Å². The first-order chi connectivity index (χ1) is 7.51. The van der Waals surface area contributed by atoms with Crippen molar-refractivity contribution in [2.75, 3.05) is 32.8 Å². The molecule has 0 saturated carbocycles. The number of rotatable bonds is 6. The topological polar surface area (TPSA) is 35.5 Å². The Bertz CT molecular complexity index is 183. The molecule has 0 aromatic carbocycles. The van der Waals surface area contributed by atoms with E-state index in [2.05, 4.69) is 31.0 Å². The molecule has 1 heterocycles. The fourth-order valence-electron chi connectivity index (χ4n) is 2.15. The van der Waals surface area contributed by atoms with Crippen LogP contribution in [0, 0.1) is 5.41 Å². The molecule has 1 rings (SSSR count). The van der Waals surface area contributed by atoms with Crippen LogP contribution in [0.2, 0.25) is 0 Å². The second-order valence-electron chi connectivity index (χ2n) is 6.13. The first kappa shape index (κ1) is 13.9. The van der Waals surface area contributed by atoms with Gasteiger partial charge in [0, 0.05) is 19.1 Å². The highest BCUT2D eigenvalue weighted by molar-refractivity contribution is 4.78. The first-order valence-electron chi connectivity index (χ1n) is 6.58. The normalized spacial score (nSPS) is 21.9. The SMILES string of the molecule is CC(C)(C)CCN(CCO)CC1CCCN1. The van der Waals surface area contributed by atoms with E-state index in [0.29, 0.717) is 11.5 Å². The van der Waals surface area contributed by atoms with Crippen molar-refractivity contribution in [3.8, 4) is 0 Å². The highest BCUT2D eigenvalue weighted by Crippen LogP contribution is 2.19. The molecule has 3 nitrogen and oxygen atoms in total. The van der Waals surface area contributed by atoms with Crippen LogP contribution >= 0.6 is 0 Å². The van der Waals surface area contributed by atoms with Gasteiger partial charge in [-0.1, -0.05) is 20.8 Å². The van der Waals surface area contributed by atoms with Gasteiger partial charge in [0.25, 0.3) is 0 Å². The van der Waals surface area contributed by atoms with E-state index >= 15 is 0 Å². The summed E-state index contributed by atoms with van der Waals surface area (Å²) in [6.45, 7) is 11.3. The number of nitrogens with one attached hydrogen (secondary N) is 1. The number of hydrogen-bond donors (Lipinski definition) is 2. The molecule has 1 aliphatic heterocycles. The molecule has 1 aliphatic rings. The van der Waals surface area contributed by atoms with E-state index in [0.717, 1.165) is 26.2 Å². The molecule has 0 bridgehead atoms. The molecule has 0 spiro atoms. The van der Waals surface area contributed by atoms with E-state index in [4.69, 9.17) is 5.11 Å². The zero-order chi connectivity index (χ0) is 12.0. The Balaban J connectivity index is 2.28. The van der Waals surface area contributed by atoms with Gasteiger partial charge in [0.1, 0.15) is 0 Å². The van der Waals surface area contributed by atoms with E-state index in [1.54, 1.807) is 0 Å². The molecule has 16 heavy (non-hydrogen) atoms. The van der Waals surface area contributed by atoms with Crippen LogP contribution < -0.4 is 5.32 Å². The van der Waals surface area contributed by atoms with Crippen LogP contribution in [0.5, 0.6) is 0 Å². The molecule has 0 aliphatic carbocycles. The van der Waals surface area contributed by atoms with Gasteiger partial charge in [-0.15, -0.1) is 0 Å². The minimum absolute atomic E-state index is 0.275. The second-order valence-corrected chi connectivity index (χ2v) is 6.13. The van der Waals surface area contributed by atoms with E-state index in [1.807, 2.05) is 0 Å². The van der Waals surface area contributed by atoms with Crippen LogP contribution in [-0.4, -0.2) is 48.8 Å². The Labute approximate surface area is 100 Å². The molecule has 2 N–H and O–H groups in total. The van der Waals surface area contributed by atoms with Crippen molar-refractivity contribution in [1.29, 1.82) is 0 Å². The zero-order valence-electron chi connectivity index (χ0n) is 11.1. The molecule has 0 aromatic rings. The highest BCUT2D eigenvalue weighted by Gasteiger charge is 2.19. The molecule has 1 atom stereocenters. The summed E-state index contributed by atoms with van der Waals surface area (Å²) in [7, 11) is 0. The first-order valence-corrected chi connectivity index (χ1v) is 6.58. The fourth-order valence-corrected chi connectivity index (χ4v) is 2.15. The van der Waals surface area contributed by atoms with Gasteiger partial charge in [-0.2, -0.15) is 0 Å². The van der Waals surface area contributed by atoms with Crippen LogP contribution in [0.15, 0.2) is 0 Å².